The number of rotatable bonds is 6. The molecule has 31 heavy (non-hydrogen) atoms. The van der Waals surface area contributed by atoms with Crippen molar-refractivity contribution in [3.05, 3.63) is 28.2 Å². The van der Waals surface area contributed by atoms with Crippen LogP contribution in [0.1, 0.15) is 59.9 Å². The number of alkyl carbamates (subject to hydrolysis) is 1. The predicted molar refractivity (Wildman–Crippen MR) is 122 cm³/mol. The van der Waals surface area contributed by atoms with Gasteiger partial charge in [-0.25, -0.2) is 9.59 Å². The maximum atomic E-state index is 12.8. The van der Waals surface area contributed by atoms with E-state index in [0.29, 0.717) is 5.69 Å². The third-order valence-electron chi connectivity index (χ3n) is 4.22. The molecule has 0 saturated carbocycles. The lowest BCUT2D eigenvalue weighted by Gasteiger charge is -2.26. The number of nitrogens with zero attached hydrogens (tertiary/aromatic N) is 3. The minimum absolute atomic E-state index is 0.190. The SMILES string of the molecule is CC(C)(C)OC(=O)NC(Cc1ccc(Br)cc1N=NN1CCCC1)C(=O)OC(C)(C)C. The smallest absolute Gasteiger partial charge is 0.408 e. The topological polar surface area (TPSA) is 92.6 Å². The molecule has 1 fully saturated rings. The van der Waals surface area contributed by atoms with Crippen molar-refractivity contribution in [1.82, 2.24) is 10.3 Å². The fraction of sp³-hybridized carbons (Fsp3) is 0.636. The number of carbonyl (C=O) groups excluding carboxylic acids is 2. The van der Waals surface area contributed by atoms with Crippen LogP contribution in [0.25, 0.3) is 0 Å². The Morgan fingerprint density at radius 1 is 1.10 bits per heavy atom. The van der Waals surface area contributed by atoms with E-state index >= 15 is 0 Å². The summed E-state index contributed by atoms with van der Waals surface area (Å²) in [4.78, 5) is 25.2. The van der Waals surface area contributed by atoms with Gasteiger partial charge in [0.1, 0.15) is 17.2 Å². The van der Waals surface area contributed by atoms with E-state index in [9.17, 15) is 9.59 Å². The van der Waals surface area contributed by atoms with Gasteiger partial charge < -0.3 is 14.8 Å². The Hall–Kier alpha value is -2.16. The molecule has 172 valence electrons. The van der Waals surface area contributed by atoms with Crippen molar-refractivity contribution in [2.75, 3.05) is 13.1 Å². The van der Waals surface area contributed by atoms with Crippen molar-refractivity contribution in [1.29, 1.82) is 0 Å². The van der Waals surface area contributed by atoms with Gasteiger partial charge in [-0.3, -0.25) is 5.01 Å². The van der Waals surface area contributed by atoms with Crippen molar-refractivity contribution in [2.45, 2.75) is 78.0 Å². The van der Waals surface area contributed by atoms with Gasteiger partial charge in [-0.2, -0.15) is 0 Å². The number of hydrogen-bond donors (Lipinski definition) is 1. The van der Waals surface area contributed by atoms with E-state index in [1.165, 1.54) is 0 Å². The van der Waals surface area contributed by atoms with E-state index in [4.69, 9.17) is 9.47 Å². The summed E-state index contributed by atoms with van der Waals surface area (Å²) in [6, 6.07) is 4.63. The number of esters is 1. The average Bonchev–Trinajstić information content (AvgIpc) is 3.11. The van der Waals surface area contributed by atoms with Crippen molar-refractivity contribution in [2.24, 2.45) is 10.3 Å². The van der Waals surface area contributed by atoms with Gasteiger partial charge in [0, 0.05) is 24.0 Å². The molecule has 0 radical (unpaired) electrons. The molecule has 8 nitrogen and oxygen atoms in total. The van der Waals surface area contributed by atoms with Gasteiger partial charge in [0.25, 0.3) is 0 Å². The van der Waals surface area contributed by atoms with Gasteiger partial charge in [0.05, 0.1) is 5.69 Å². The summed E-state index contributed by atoms with van der Waals surface area (Å²) in [6.45, 7) is 12.4. The Morgan fingerprint density at radius 2 is 1.71 bits per heavy atom. The zero-order chi connectivity index (χ0) is 23.2. The van der Waals surface area contributed by atoms with Gasteiger partial charge in [-0.15, -0.1) is 5.11 Å². The number of hydrogen-bond acceptors (Lipinski definition) is 6. The largest absolute Gasteiger partial charge is 0.458 e. The fourth-order valence-electron chi connectivity index (χ4n) is 2.94. The highest BCUT2D eigenvalue weighted by molar-refractivity contribution is 9.10. The highest BCUT2D eigenvalue weighted by Crippen LogP contribution is 2.27. The predicted octanol–water partition coefficient (Wildman–Crippen LogP) is 5.32. The second kappa shape index (κ2) is 10.4. The second-order valence-corrected chi connectivity index (χ2v) is 10.5. The normalized spacial score (nSPS) is 15.8. The number of carbonyl (C=O) groups is 2. The quantitative estimate of drug-likeness (QED) is 0.424. The maximum Gasteiger partial charge on any atom is 0.408 e. The lowest BCUT2D eigenvalue weighted by molar-refractivity contribution is -0.157. The monoisotopic (exact) mass is 496 g/mol. The number of ether oxygens (including phenoxy) is 2. The van der Waals surface area contributed by atoms with E-state index in [0.717, 1.165) is 36.0 Å². The molecule has 0 aromatic heterocycles. The molecule has 1 amide bonds. The van der Waals surface area contributed by atoms with Crippen LogP contribution in [0.2, 0.25) is 0 Å². The van der Waals surface area contributed by atoms with Crippen LogP contribution in [-0.4, -0.2) is 47.4 Å². The summed E-state index contributed by atoms with van der Waals surface area (Å²) in [5, 5.41) is 13.3. The molecule has 1 aromatic rings. The lowest BCUT2D eigenvalue weighted by atomic mass is 10.0. The van der Waals surface area contributed by atoms with Crippen molar-refractivity contribution >= 4 is 33.7 Å². The second-order valence-electron chi connectivity index (χ2n) is 9.56. The molecule has 1 aliphatic heterocycles. The zero-order valence-corrected chi connectivity index (χ0v) is 20.8. The molecule has 1 N–H and O–H groups in total. The third kappa shape index (κ3) is 9.25. The van der Waals surface area contributed by atoms with Crippen LogP contribution in [0.3, 0.4) is 0 Å². The van der Waals surface area contributed by atoms with E-state index in [2.05, 4.69) is 31.6 Å². The van der Waals surface area contributed by atoms with E-state index in [1.807, 2.05) is 23.2 Å². The summed E-state index contributed by atoms with van der Waals surface area (Å²) in [5.74, 6) is -0.538. The fourth-order valence-corrected chi connectivity index (χ4v) is 3.29. The Bertz CT molecular complexity index is 809. The molecule has 1 unspecified atom stereocenters. The number of nitrogens with one attached hydrogen (secondary N) is 1. The van der Waals surface area contributed by atoms with E-state index in [-0.39, 0.29) is 6.42 Å². The van der Waals surface area contributed by atoms with Crippen LogP contribution in [-0.2, 0) is 20.7 Å². The minimum atomic E-state index is -0.934. The lowest BCUT2D eigenvalue weighted by Crippen LogP contribution is -2.47. The van der Waals surface area contributed by atoms with Crippen LogP contribution in [0.15, 0.2) is 33.0 Å². The number of halogens is 1. The Morgan fingerprint density at radius 3 is 2.29 bits per heavy atom. The number of amides is 1. The first-order chi connectivity index (χ1) is 14.3. The molecular weight excluding hydrogens is 464 g/mol. The number of benzene rings is 1. The molecule has 1 aromatic carbocycles. The van der Waals surface area contributed by atoms with Gasteiger partial charge in [0.15, 0.2) is 0 Å². The van der Waals surface area contributed by atoms with Crippen molar-refractivity contribution < 1.29 is 19.1 Å². The highest BCUT2D eigenvalue weighted by atomic mass is 79.9. The summed E-state index contributed by atoms with van der Waals surface area (Å²) in [7, 11) is 0. The van der Waals surface area contributed by atoms with Crippen LogP contribution in [0.4, 0.5) is 10.5 Å². The van der Waals surface area contributed by atoms with Gasteiger partial charge >= 0.3 is 12.1 Å². The molecule has 0 aliphatic carbocycles. The van der Waals surface area contributed by atoms with Gasteiger partial charge in [-0.05, 0) is 72.1 Å². The Kier molecular flexibility index (Phi) is 8.45. The van der Waals surface area contributed by atoms with E-state index < -0.39 is 29.3 Å². The molecule has 0 bridgehead atoms. The third-order valence-corrected chi connectivity index (χ3v) is 4.71. The first kappa shape index (κ1) is 25.1. The van der Waals surface area contributed by atoms with Crippen LogP contribution in [0, 0.1) is 0 Å². The molecule has 9 heteroatoms. The highest BCUT2D eigenvalue weighted by Gasteiger charge is 2.29. The van der Waals surface area contributed by atoms with Crippen molar-refractivity contribution in [3.63, 3.8) is 0 Å². The minimum Gasteiger partial charge on any atom is -0.458 e. The summed E-state index contributed by atoms with van der Waals surface area (Å²) < 4.78 is 11.7. The Balaban J connectivity index is 2.25. The van der Waals surface area contributed by atoms with Crippen LogP contribution < -0.4 is 5.32 Å². The molecule has 2 rings (SSSR count). The summed E-state index contributed by atoms with van der Waals surface area (Å²) in [6.07, 6.45) is 1.71. The molecule has 1 atom stereocenters. The summed E-state index contributed by atoms with van der Waals surface area (Å²) >= 11 is 3.46. The zero-order valence-electron chi connectivity index (χ0n) is 19.2. The van der Waals surface area contributed by atoms with Crippen molar-refractivity contribution in [3.8, 4) is 0 Å². The maximum absolute atomic E-state index is 12.8. The Labute approximate surface area is 192 Å². The standard InChI is InChI=1S/C22H33BrN4O4/c1-21(2,3)30-19(28)18(24-20(29)31-22(4,5)6)13-15-9-10-16(23)14-17(15)25-26-27-11-7-8-12-27/h9-10,14,18H,7-8,11-13H2,1-6H3,(H,24,29). The summed E-state index contributed by atoms with van der Waals surface area (Å²) in [5.41, 5.74) is 0.0111. The molecular formula is C22H33BrN4O4. The van der Waals surface area contributed by atoms with Gasteiger partial charge in [-0.1, -0.05) is 27.2 Å². The molecule has 1 saturated heterocycles. The molecule has 1 aliphatic rings. The first-order valence-corrected chi connectivity index (χ1v) is 11.3. The first-order valence-electron chi connectivity index (χ1n) is 10.5. The van der Waals surface area contributed by atoms with Crippen LogP contribution >= 0.6 is 15.9 Å². The average molecular weight is 497 g/mol. The molecule has 1 heterocycles. The van der Waals surface area contributed by atoms with Gasteiger partial charge in [0.2, 0.25) is 0 Å². The van der Waals surface area contributed by atoms with E-state index in [1.54, 1.807) is 41.5 Å². The molecule has 0 spiro atoms. The van der Waals surface area contributed by atoms with Crippen LogP contribution in [0.5, 0.6) is 0 Å².